The molecule has 3 aromatic rings. The van der Waals surface area contributed by atoms with Crippen LogP contribution < -0.4 is 4.74 Å². The number of ether oxygens (including phenoxy) is 1. The molecule has 0 spiro atoms. The predicted molar refractivity (Wildman–Crippen MR) is 70.5 cm³/mol. The van der Waals surface area contributed by atoms with Gasteiger partial charge in [-0.05, 0) is 18.2 Å². The van der Waals surface area contributed by atoms with E-state index in [4.69, 9.17) is 4.74 Å². The van der Waals surface area contributed by atoms with Crippen molar-refractivity contribution in [3.05, 3.63) is 42.7 Å². The van der Waals surface area contributed by atoms with E-state index < -0.39 is 0 Å². The molecule has 0 aliphatic rings. The molecular weight excluding hydrogens is 226 g/mol. The van der Waals surface area contributed by atoms with E-state index in [0.717, 1.165) is 28.2 Å². The molecule has 90 valence electrons. The lowest BCUT2D eigenvalue weighted by atomic mass is 10.1. The van der Waals surface area contributed by atoms with E-state index in [0.29, 0.717) is 0 Å². The van der Waals surface area contributed by atoms with Crippen LogP contribution in [0.25, 0.3) is 22.4 Å². The van der Waals surface area contributed by atoms with E-state index in [-0.39, 0.29) is 0 Å². The first-order valence-electron chi connectivity index (χ1n) is 5.71. The van der Waals surface area contributed by atoms with Crippen molar-refractivity contribution in [2.45, 2.75) is 0 Å². The summed E-state index contributed by atoms with van der Waals surface area (Å²) in [6, 6.07) is 9.97. The predicted octanol–water partition coefficient (Wildman–Crippen LogP) is 2.64. The third kappa shape index (κ3) is 1.54. The van der Waals surface area contributed by atoms with Crippen LogP contribution in [0.1, 0.15) is 0 Å². The third-order valence-corrected chi connectivity index (χ3v) is 3.04. The summed E-state index contributed by atoms with van der Waals surface area (Å²) in [4.78, 5) is 8.66. The average molecular weight is 239 g/mol. The zero-order valence-corrected chi connectivity index (χ0v) is 10.3. The van der Waals surface area contributed by atoms with Crippen molar-refractivity contribution in [2.24, 2.45) is 7.05 Å². The van der Waals surface area contributed by atoms with Gasteiger partial charge in [0.2, 0.25) is 0 Å². The summed E-state index contributed by atoms with van der Waals surface area (Å²) < 4.78 is 7.42. The van der Waals surface area contributed by atoms with Gasteiger partial charge in [0.1, 0.15) is 11.3 Å². The van der Waals surface area contributed by atoms with Gasteiger partial charge < -0.3 is 9.30 Å². The van der Waals surface area contributed by atoms with Crippen molar-refractivity contribution in [3.8, 4) is 17.0 Å². The Bertz CT molecular complexity index is 703. The molecule has 0 saturated heterocycles. The number of methoxy groups -OCH3 is 1. The number of nitrogens with zero attached hydrogens (tertiary/aromatic N) is 3. The molecule has 3 rings (SSSR count). The molecular formula is C14H13N3O. The maximum atomic E-state index is 5.40. The van der Waals surface area contributed by atoms with Gasteiger partial charge in [-0.25, -0.2) is 4.98 Å². The Morgan fingerprint density at radius 2 is 1.89 bits per heavy atom. The molecule has 0 aliphatic heterocycles. The van der Waals surface area contributed by atoms with Gasteiger partial charge in [0, 0.05) is 25.0 Å². The molecule has 2 heterocycles. The number of benzene rings is 1. The van der Waals surface area contributed by atoms with E-state index in [1.54, 1.807) is 19.5 Å². The summed E-state index contributed by atoms with van der Waals surface area (Å²) in [5.74, 6) is 0.850. The molecule has 0 unspecified atom stereocenters. The summed E-state index contributed by atoms with van der Waals surface area (Å²) in [6.45, 7) is 0. The Hall–Kier alpha value is -2.36. The highest BCUT2D eigenvalue weighted by atomic mass is 16.5. The number of aromatic nitrogens is 3. The first-order valence-corrected chi connectivity index (χ1v) is 5.71. The highest BCUT2D eigenvalue weighted by molar-refractivity contribution is 5.82. The smallest absolute Gasteiger partial charge is 0.158 e. The Morgan fingerprint density at radius 3 is 2.67 bits per heavy atom. The van der Waals surface area contributed by atoms with Gasteiger partial charge in [0.25, 0.3) is 0 Å². The number of rotatable bonds is 2. The minimum absolute atomic E-state index is 0.850. The standard InChI is InChI=1S/C14H13N3O/c1-17-12(9-11-14(17)16-8-7-15-11)10-5-3-4-6-13(10)18-2/h3-9H,1-2H3. The monoisotopic (exact) mass is 239 g/mol. The van der Waals surface area contributed by atoms with E-state index in [2.05, 4.69) is 9.97 Å². The second-order valence-corrected chi connectivity index (χ2v) is 4.05. The molecule has 1 aromatic carbocycles. The third-order valence-electron chi connectivity index (χ3n) is 3.04. The summed E-state index contributed by atoms with van der Waals surface area (Å²) in [6.07, 6.45) is 3.41. The zero-order valence-electron chi connectivity index (χ0n) is 10.3. The SMILES string of the molecule is COc1ccccc1-c1cc2nccnc2n1C. The van der Waals surface area contributed by atoms with Crippen LogP contribution in [0.5, 0.6) is 5.75 Å². The lowest BCUT2D eigenvalue weighted by Gasteiger charge is -2.08. The second kappa shape index (κ2) is 4.14. The van der Waals surface area contributed by atoms with E-state index in [1.165, 1.54) is 0 Å². The Balaban J connectivity index is 2.28. The summed E-state index contributed by atoms with van der Waals surface area (Å²) in [5, 5.41) is 0. The molecule has 0 N–H and O–H groups in total. The van der Waals surface area contributed by atoms with Crippen LogP contribution in [0.4, 0.5) is 0 Å². The molecule has 0 bridgehead atoms. The van der Waals surface area contributed by atoms with Gasteiger partial charge in [-0.15, -0.1) is 0 Å². The van der Waals surface area contributed by atoms with Gasteiger partial charge in [-0.3, -0.25) is 4.98 Å². The van der Waals surface area contributed by atoms with Crippen LogP contribution in [0.2, 0.25) is 0 Å². The largest absolute Gasteiger partial charge is 0.496 e. The van der Waals surface area contributed by atoms with E-state index in [9.17, 15) is 0 Å². The van der Waals surface area contributed by atoms with Crippen LogP contribution in [0.3, 0.4) is 0 Å². The summed E-state index contributed by atoms with van der Waals surface area (Å²) in [5.41, 5.74) is 3.86. The molecule has 4 heteroatoms. The molecule has 0 aliphatic carbocycles. The van der Waals surface area contributed by atoms with Gasteiger partial charge in [-0.2, -0.15) is 0 Å². The minimum Gasteiger partial charge on any atom is -0.496 e. The maximum absolute atomic E-state index is 5.40. The molecule has 18 heavy (non-hydrogen) atoms. The topological polar surface area (TPSA) is 39.9 Å². The van der Waals surface area contributed by atoms with Crippen molar-refractivity contribution < 1.29 is 4.74 Å². The number of hydrogen-bond acceptors (Lipinski definition) is 3. The molecule has 0 saturated carbocycles. The number of para-hydroxylation sites is 1. The average Bonchev–Trinajstić information content (AvgIpc) is 2.76. The van der Waals surface area contributed by atoms with Crippen LogP contribution >= 0.6 is 0 Å². The fraction of sp³-hybridized carbons (Fsp3) is 0.143. The van der Waals surface area contributed by atoms with Gasteiger partial charge in [-0.1, -0.05) is 12.1 Å². The normalized spacial score (nSPS) is 10.8. The van der Waals surface area contributed by atoms with Crippen molar-refractivity contribution in [2.75, 3.05) is 7.11 Å². The van der Waals surface area contributed by atoms with Crippen molar-refractivity contribution in [1.29, 1.82) is 0 Å². The highest BCUT2D eigenvalue weighted by Gasteiger charge is 2.12. The molecule has 2 aromatic heterocycles. The van der Waals surface area contributed by atoms with E-state index in [1.807, 2.05) is 41.9 Å². The highest BCUT2D eigenvalue weighted by Crippen LogP contribution is 2.31. The van der Waals surface area contributed by atoms with Crippen LogP contribution in [-0.4, -0.2) is 21.6 Å². The fourth-order valence-electron chi connectivity index (χ4n) is 2.16. The minimum atomic E-state index is 0.850. The first-order chi connectivity index (χ1) is 8.81. The molecule has 0 fully saturated rings. The Morgan fingerprint density at radius 1 is 1.11 bits per heavy atom. The van der Waals surface area contributed by atoms with Crippen molar-refractivity contribution in [3.63, 3.8) is 0 Å². The summed E-state index contributed by atoms with van der Waals surface area (Å²) in [7, 11) is 3.66. The lowest BCUT2D eigenvalue weighted by Crippen LogP contribution is -1.95. The van der Waals surface area contributed by atoms with Gasteiger partial charge in [0.05, 0.1) is 12.8 Å². The Kier molecular flexibility index (Phi) is 2.48. The zero-order chi connectivity index (χ0) is 12.5. The quantitative estimate of drug-likeness (QED) is 0.690. The van der Waals surface area contributed by atoms with Gasteiger partial charge in [0.15, 0.2) is 5.65 Å². The number of hydrogen-bond donors (Lipinski definition) is 0. The lowest BCUT2D eigenvalue weighted by molar-refractivity contribution is 0.416. The second-order valence-electron chi connectivity index (χ2n) is 4.05. The maximum Gasteiger partial charge on any atom is 0.158 e. The number of aryl methyl sites for hydroxylation is 1. The molecule has 4 nitrogen and oxygen atoms in total. The number of fused-ring (bicyclic) bond motifs is 1. The van der Waals surface area contributed by atoms with Gasteiger partial charge >= 0.3 is 0 Å². The molecule has 0 amide bonds. The first kappa shape index (κ1) is 10.8. The van der Waals surface area contributed by atoms with Crippen LogP contribution in [-0.2, 0) is 7.05 Å². The van der Waals surface area contributed by atoms with E-state index >= 15 is 0 Å². The summed E-state index contributed by atoms with van der Waals surface area (Å²) >= 11 is 0. The van der Waals surface area contributed by atoms with Crippen LogP contribution in [0, 0.1) is 0 Å². The molecule has 0 atom stereocenters. The van der Waals surface area contributed by atoms with Crippen molar-refractivity contribution >= 4 is 11.2 Å². The molecule has 0 radical (unpaired) electrons. The Labute approximate surface area is 105 Å². The fourth-order valence-corrected chi connectivity index (χ4v) is 2.16. The van der Waals surface area contributed by atoms with Crippen molar-refractivity contribution in [1.82, 2.24) is 14.5 Å². The van der Waals surface area contributed by atoms with Crippen LogP contribution in [0.15, 0.2) is 42.7 Å².